The second-order valence-electron chi connectivity index (χ2n) is 9.46. The second-order valence-corrected chi connectivity index (χ2v) is 9.46. The van der Waals surface area contributed by atoms with Crippen LogP contribution in [-0.2, 0) is 22.4 Å². The van der Waals surface area contributed by atoms with Crippen molar-refractivity contribution < 1.29 is 14.3 Å². The molecule has 3 aromatic carbocycles. The molecule has 188 valence electrons. The number of esters is 1. The maximum Gasteiger partial charge on any atom is 0.338 e. The van der Waals surface area contributed by atoms with Crippen molar-refractivity contribution in [2.45, 2.75) is 45.6 Å². The van der Waals surface area contributed by atoms with Gasteiger partial charge in [0.2, 0.25) is 0 Å². The normalized spacial score (nSPS) is 13.6. The lowest BCUT2D eigenvalue weighted by molar-refractivity contribution is -0.124. The molecule has 1 aliphatic rings. The topological polar surface area (TPSA) is 90.3 Å². The molecule has 0 fully saturated rings. The predicted octanol–water partition coefficient (Wildman–Crippen LogP) is 4.61. The van der Waals surface area contributed by atoms with Crippen molar-refractivity contribution in [2.24, 2.45) is 0 Å². The van der Waals surface area contributed by atoms with E-state index in [0.29, 0.717) is 28.0 Å². The molecule has 7 heteroatoms. The van der Waals surface area contributed by atoms with Crippen LogP contribution in [-0.4, -0.2) is 28.0 Å². The largest absolute Gasteiger partial charge is 0.452 e. The van der Waals surface area contributed by atoms with E-state index in [9.17, 15) is 14.4 Å². The minimum atomic E-state index is -0.608. The number of fused-ring (bicyclic) bond motifs is 2. The Labute approximate surface area is 215 Å². The summed E-state index contributed by atoms with van der Waals surface area (Å²) in [5.74, 6) is -0.424. The number of hydrogen-bond donors (Lipinski definition) is 1. The lowest BCUT2D eigenvalue weighted by atomic mass is 9.89. The highest BCUT2D eigenvalue weighted by atomic mass is 16.5. The summed E-state index contributed by atoms with van der Waals surface area (Å²) in [5, 5.41) is 3.43. The zero-order valence-corrected chi connectivity index (χ0v) is 21.0. The molecule has 0 saturated heterocycles. The van der Waals surface area contributed by atoms with Gasteiger partial charge in [-0.05, 0) is 92.6 Å². The molecule has 5 rings (SSSR count). The third-order valence-corrected chi connectivity index (χ3v) is 6.89. The van der Waals surface area contributed by atoms with E-state index in [4.69, 9.17) is 4.74 Å². The molecule has 0 spiro atoms. The van der Waals surface area contributed by atoms with Gasteiger partial charge in [-0.25, -0.2) is 9.78 Å². The average Bonchev–Trinajstić information content (AvgIpc) is 2.92. The van der Waals surface area contributed by atoms with Crippen LogP contribution in [0.1, 0.15) is 58.7 Å². The van der Waals surface area contributed by atoms with E-state index in [2.05, 4.69) is 28.5 Å². The van der Waals surface area contributed by atoms with Gasteiger partial charge in [0.05, 0.1) is 28.2 Å². The summed E-state index contributed by atoms with van der Waals surface area (Å²) in [5.41, 5.74) is 5.14. The molecule has 1 aromatic heterocycles. The highest BCUT2D eigenvalue weighted by molar-refractivity contribution is 5.91. The highest BCUT2D eigenvalue weighted by Gasteiger charge is 2.16. The van der Waals surface area contributed by atoms with Crippen LogP contribution in [0.25, 0.3) is 16.6 Å². The maximum absolute atomic E-state index is 13.0. The van der Waals surface area contributed by atoms with E-state index in [1.165, 1.54) is 28.5 Å². The van der Waals surface area contributed by atoms with Gasteiger partial charge in [0, 0.05) is 0 Å². The lowest BCUT2D eigenvalue weighted by Gasteiger charge is -2.20. The number of ether oxygens (including phenoxy) is 1. The van der Waals surface area contributed by atoms with Crippen LogP contribution in [0.5, 0.6) is 0 Å². The van der Waals surface area contributed by atoms with Gasteiger partial charge in [-0.1, -0.05) is 30.3 Å². The Morgan fingerprint density at radius 1 is 1.00 bits per heavy atom. The Kier molecular flexibility index (Phi) is 6.86. The second kappa shape index (κ2) is 10.4. The van der Waals surface area contributed by atoms with Crippen molar-refractivity contribution in [2.75, 3.05) is 6.61 Å². The molecule has 0 aliphatic heterocycles. The summed E-state index contributed by atoms with van der Waals surface area (Å²) in [6, 6.07) is 19.9. The number of rotatable bonds is 6. The third kappa shape index (κ3) is 5.16. The first-order valence-corrected chi connectivity index (χ1v) is 12.6. The summed E-state index contributed by atoms with van der Waals surface area (Å²) >= 11 is 0. The number of nitrogens with one attached hydrogen (secondary N) is 1. The van der Waals surface area contributed by atoms with Crippen molar-refractivity contribution >= 4 is 22.8 Å². The van der Waals surface area contributed by atoms with E-state index >= 15 is 0 Å². The molecule has 4 aromatic rings. The van der Waals surface area contributed by atoms with Gasteiger partial charge >= 0.3 is 5.97 Å². The fourth-order valence-corrected chi connectivity index (χ4v) is 4.90. The number of aromatic nitrogens is 2. The highest BCUT2D eigenvalue weighted by Crippen LogP contribution is 2.24. The van der Waals surface area contributed by atoms with Crippen LogP contribution in [0, 0.1) is 6.92 Å². The Morgan fingerprint density at radius 3 is 2.51 bits per heavy atom. The molecule has 1 aliphatic carbocycles. The molecule has 1 heterocycles. The summed E-state index contributed by atoms with van der Waals surface area (Å²) < 4.78 is 6.74. The molecule has 1 atom stereocenters. The minimum Gasteiger partial charge on any atom is -0.452 e. The van der Waals surface area contributed by atoms with Gasteiger partial charge in [-0.15, -0.1) is 0 Å². The number of hydrogen-bond acceptors (Lipinski definition) is 5. The first-order chi connectivity index (χ1) is 17.9. The average molecular weight is 496 g/mol. The van der Waals surface area contributed by atoms with Crippen LogP contribution < -0.4 is 10.9 Å². The SMILES string of the molecule is Cc1nc2ccccc2c(=O)n1-c1ccc(C(=O)OCC(=O)NC(C)c2ccc3c(c2)CCCC3)cc1. The first-order valence-electron chi connectivity index (χ1n) is 12.6. The van der Waals surface area contributed by atoms with Gasteiger partial charge in [0.25, 0.3) is 11.5 Å². The fraction of sp³-hybridized carbons (Fsp3) is 0.267. The van der Waals surface area contributed by atoms with Crippen molar-refractivity contribution in [1.29, 1.82) is 0 Å². The van der Waals surface area contributed by atoms with Crippen LogP contribution in [0.15, 0.2) is 71.5 Å². The molecule has 0 bridgehead atoms. The number of nitrogens with zero attached hydrogens (tertiary/aromatic N) is 2. The number of aryl methyl sites for hydroxylation is 3. The zero-order chi connectivity index (χ0) is 25.9. The molecule has 1 unspecified atom stereocenters. The van der Waals surface area contributed by atoms with Gasteiger partial charge in [0.15, 0.2) is 6.61 Å². The molecule has 37 heavy (non-hydrogen) atoms. The summed E-state index contributed by atoms with van der Waals surface area (Å²) in [6.07, 6.45) is 4.61. The molecular formula is C30H29N3O4. The molecule has 1 N–H and O–H groups in total. The van der Waals surface area contributed by atoms with Crippen LogP contribution in [0.2, 0.25) is 0 Å². The summed E-state index contributed by atoms with van der Waals surface area (Å²) in [6.45, 7) is 3.32. The predicted molar refractivity (Wildman–Crippen MR) is 142 cm³/mol. The smallest absolute Gasteiger partial charge is 0.338 e. The van der Waals surface area contributed by atoms with E-state index < -0.39 is 5.97 Å². The Morgan fingerprint density at radius 2 is 1.73 bits per heavy atom. The molecular weight excluding hydrogens is 466 g/mol. The zero-order valence-electron chi connectivity index (χ0n) is 21.0. The maximum atomic E-state index is 13.0. The number of carbonyl (C=O) groups is 2. The van der Waals surface area contributed by atoms with E-state index in [0.717, 1.165) is 18.4 Å². The van der Waals surface area contributed by atoms with E-state index in [1.807, 2.05) is 13.0 Å². The number of para-hydroxylation sites is 1. The molecule has 7 nitrogen and oxygen atoms in total. The lowest BCUT2D eigenvalue weighted by Crippen LogP contribution is -2.31. The van der Waals surface area contributed by atoms with Crippen LogP contribution >= 0.6 is 0 Å². The van der Waals surface area contributed by atoms with Crippen molar-refractivity contribution in [3.63, 3.8) is 0 Å². The Bertz CT molecular complexity index is 1540. The van der Waals surface area contributed by atoms with Crippen LogP contribution in [0.3, 0.4) is 0 Å². The molecule has 0 radical (unpaired) electrons. The minimum absolute atomic E-state index is 0.178. The van der Waals surface area contributed by atoms with Gasteiger partial charge < -0.3 is 10.1 Å². The van der Waals surface area contributed by atoms with Gasteiger partial charge in [-0.3, -0.25) is 14.2 Å². The quantitative estimate of drug-likeness (QED) is 0.395. The van der Waals surface area contributed by atoms with Crippen molar-refractivity contribution in [3.8, 4) is 5.69 Å². The summed E-state index contributed by atoms with van der Waals surface area (Å²) in [4.78, 5) is 42.5. The number of benzene rings is 3. The Hall–Kier alpha value is -4.26. The van der Waals surface area contributed by atoms with Crippen LogP contribution in [0.4, 0.5) is 0 Å². The fourth-order valence-electron chi connectivity index (χ4n) is 4.90. The van der Waals surface area contributed by atoms with E-state index in [1.54, 1.807) is 49.4 Å². The third-order valence-electron chi connectivity index (χ3n) is 6.89. The molecule has 1 amide bonds. The van der Waals surface area contributed by atoms with Crippen molar-refractivity contribution in [1.82, 2.24) is 14.9 Å². The standard InChI is InChI=1S/C30H29N3O4/c1-19(23-12-11-21-7-3-4-8-24(21)17-23)31-28(34)18-37-30(36)22-13-15-25(16-14-22)33-20(2)32-27-10-6-5-9-26(27)29(33)35/h5-6,9-17,19H,3-4,7-8,18H2,1-2H3,(H,31,34). The first kappa shape index (κ1) is 24.4. The van der Waals surface area contributed by atoms with Gasteiger partial charge in [0.1, 0.15) is 5.82 Å². The summed E-state index contributed by atoms with van der Waals surface area (Å²) in [7, 11) is 0. The van der Waals surface area contributed by atoms with E-state index in [-0.39, 0.29) is 24.1 Å². The molecule has 0 saturated carbocycles. The monoisotopic (exact) mass is 495 g/mol. The van der Waals surface area contributed by atoms with Gasteiger partial charge in [-0.2, -0.15) is 0 Å². The number of carbonyl (C=O) groups excluding carboxylic acids is 2. The number of amides is 1. The Balaban J connectivity index is 1.21. The van der Waals surface area contributed by atoms with Crippen molar-refractivity contribution in [3.05, 3.63) is 105 Å².